The molecule has 0 atom stereocenters. The van der Waals surface area contributed by atoms with Gasteiger partial charge in [-0.3, -0.25) is 9.71 Å². The first-order valence-electron chi connectivity index (χ1n) is 4.49. The Morgan fingerprint density at radius 3 is 2.79 bits per heavy atom. The maximum Gasteiger partial charge on any atom is 0.146 e. The van der Waals surface area contributed by atoms with Crippen molar-refractivity contribution in [3.05, 3.63) is 29.8 Å². The van der Waals surface area contributed by atoms with Crippen molar-refractivity contribution in [3.63, 3.8) is 0 Å². The van der Waals surface area contributed by atoms with Crippen LogP contribution in [0.15, 0.2) is 18.3 Å². The van der Waals surface area contributed by atoms with Crippen molar-refractivity contribution in [1.29, 1.82) is 0 Å². The molecule has 14 heavy (non-hydrogen) atoms. The molecule has 0 radical (unpaired) electrons. The number of nitrogens with zero attached hydrogens (tertiary/aromatic N) is 1. The topological polar surface area (TPSA) is 24.9 Å². The maximum absolute atomic E-state index is 13.1. The van der Waals surface area contributed by atoms with Crippen molar-refractivity contribution in [3.8, 4) is 0 Å². The van der Waals surface area contributed by atoms with E-state index in [2.05, 4.69) is 30.5 Å². The van der Waals surface area contributed by atoms with Crippen LogP contribution in [0.4, 0.5) is 4.39 Å². The lowest BCUT2D eigenvalue weighted by molar-refractivity contribution is 0.596. The molecule has 0 amide bonds. The second-order valence-corrected chi connectivity index (χ2v) is 5.69. The van der Waals surface area contributed by atoms with Gasteiger partial charge in [0.05, 0.1) is 12.2 Å². The third-order valence-corrected chi connectivity index (χ3v) is 2.35. The Kier molecular flexibility index (Phi) is 3.89. The minimum atomic E-state index is -0.255. The molecule has 78 valence electrons. The number of halogens is 1. The van der Waals surface area contributed by atoms with Crippen LogP contribution in [0.25, 0.3) is 0 Å². The summed E-state index contributed by atoms with van der Waals surface area (Å²) >= 11 is 1.58. The predicted octanol–water partition coefficient (Wildman–Crippen LogP) is 2.76. The van der Waals surface area contributed by atoms with Crippen molar-refractivity contribution in [2.45, 2.75) is 32.1 Å². The molecule has 0 aliphatic rings. The van der Waals surface area contributed by atoms with Crippen LogP contribution in [0.5, 0.6) is 0 Å². The summed E-state index contributed by atoms with van der Waals surface area (Å²) in [5.74, 6) is -0.255. The van der Waals surface area contributed by atoms with Crippen LogP contribution < -0.4 is 4.72 Å². The van der Waals surface area contributed by atoms with Crippen LogP contribution in [0.1, 0.15) is 26.5 Å². The number of hydrogen-bond acceptors (Lipinski definition) is 3. The first-order valence-corrected chi connectivity index (χ1v) is 5.31. The van der Waals surface area contributed by atoms with Gasteiger partial charge in [-0.05, 0) is 32.9 Å². The lowest BCUT2D eigenvalue weighted by Crippen LogP contribution is -2.17. The quantitative estimate of drug-likeness (QED) is 0.783. The highest BCUT2D eigenvalue weighted by molar-refractivity contribution is 7.98. The summed E-state index contributed by atoms with van der Waals surface area (Å²) in [5.41, 5.74) is 0.462. The lowest BCUT2D eigenvalue weighted by Gasteiger charge is -2.17. The molecule has 0 unspecified atom stereocenters. The second-order valence-electron chi connectivity index (χ2n) is 3.97. The smallest absolute Gasteiger partial charge is 0.146 e. The molecule has 1 rings (SSSR count). The Morgan fingerprint density at radius 1 is 1.50 bits per heavy atom. The van der Waals surface area contributed by atoms with Crippen LogP contribution in [0.3, 0.4) is 0 Å². The normalized spacial score (nSPS) is 11.7. The Bertz CT molecular complexity index is 296. The van der Waals surface area contributed by atoms with E-state index in [0.717, 1.165) is 0 Å². The van der Waals surface area contributed by atoms with E-state index in [9.17, 15) is 4.39 Å². The number of hydrogen-bond donors (Lipinski definition) is 1. The number of aromatic nitrogens is 1. The molecule has 0 aromatic carbocycles. The molecule has 0 saturated heterocycles. The van der Waals surface area contributed by atoms with Crippen molar-refractivity contribution in [1.82, 2.24) is 9.71 Å². The van der Waals surface area contributed by atoms with Crippen LogP contribution in [-0.4, -0.2) is 9.73 Å². The molecule has 0 spiro atoms. The van der Waals surface area contributed by atoms with Crippen molar-refractivity contribution in [2.75, 3.05) is 0 Å². The molecule has 1 heterocycles. The Hall–Kier alpha value is -0.610. The summed E-state index contributed by atoms with van der Waals surface area (Å²) in [6.07, 6.45) is 1.60. The van der Waals surface area contributed by atoms with Crippen molar-refractivity contribution in [2.24, 2.45) is 0 Å². The largest absolute Gasteiger partial charge is 0.258 e. The third kappa shape index (κ3) is 4.07. The molecule has 0 aliphatic heterocycles. The standard InChI is InChI=1S/C10H15FN2S/c1-10(2,3)14-13-7-9-8(11)5-4-6-12-9/h4-6,13H,7H2,1-3H3. The molecule has 4 heteroatoms. The van der Waals surface area contributed by atoms with Crippen LogP contribution >= 0.6 is 11.9 Å². The molecular formula is C10H15FN2S. The Morgan fingerprint density at radius 2 is 2.21 bits per heavy atom. The summed E-state index contributed by atoms with van der Waals surface area (Å²) in [7, 11) is 0. The summed E-state index contributed by atoms with van der Waals surface area (Å²) in [4.78, 5) is 3.95. The predicted molar refractivity (Wildman–Crippen MR) is 58.4 cm³/mol. The zero-order valence-electron chi connectivity index (χ0n) is 8.67. The van der Waals surface area contributed by atoms with Crippen molar-refractivity contribution < 1.29 is 4.39 Å². The third-order valence-electron chi connectivity index (χ3n) is 1.45. The lowest BCUT2D eigenvalue weighted by atomic mass is 10.3. The zero-order chi connectivity index (χ0) is 10.6. The first kappa shape index (κ1) is 11.5. The van der Waals surface area contributed by atoms with E-state index >= 15 is 0 Å². The molecule has 0 aliphatic carbocycles. The molecule has 1 aromatic rings. The average Bonchev–Trinajstić information content (AvgIpc) is 2.06. The van der Waals surface area contributed by atoms with E-state index in [1.54, 1.807) is 24.2 Å². The highest BCUT2D eigenvalue weighted by atomic mass is 32.2. The number of nitrogens with one attached hydrogen (secondary N) is 1. The van der Waals surface area contributed by atoms with Gasteiger partial charge in [0.1, 0.15) is 5.82 Å². The molecule has 0 fully saturated rings. The van der Waals surface area contributed by atoms with E-state index in [0.29, 0.717) is 12.2 Å². The van der Waals surface area contributed by atoms with Gasteiger partial charge in [0.2, 0.25) is 0 Å². The molecular weight excluding hydrogens is 199 g/mol. The number of rotatable bonds is 3. The fraction of sp³-hybridized carbons (Fsp3) is 0.500. The SMILES string of the molecule is CC(C)(C)SNCc1ncccc1F. The second kappa shape index (κ2) is 4.75. The van der Waals surface area contributed by atoms with E-state index in [-0.39, 0.29) is 10.6 Å². The van der Waals surface area contributed by atoms with Gasteiger partial charge in [0.15, 0.2) is 0 Å². The van der Waals surface area contributed by atoms with Crippen LogP contribution in [-0.2, 0) is 6.54 Å². The van der Waals surface area contributed by atoms with Gasteiger partial charge in [-0.25, -0.2) is 4.39 Å². The van der Waals surface area contributed by atoms with Gasteiger partial charge in [-0.15, -0.1) is 0 Å². The van der Waals surface area contributed by atoms with E-state index in [1.165, 1.54) is 6.07 Å². The van der Waals surface area contributed by atoms with Gasteiger partial charge < -0.3 is 0 Å². The highest BCUT2D eigenvalue weighted by Crippen LogP contribution is 2.19. The zero-order valence-corrected chi connectivity index (χ0v) is 9.49. The minimum absolute atomic E-state index is 0.130. The summed E-state index contributed by atoms with van der Waals surface area (Å²) in [6, 6.07) is 3.02. The minimum Gasteiger partial charge on any atom is -0.258 e. The van der Waals surface area contributed by atoms with Crippen LogP contribution in [0.2, 0.25) is 0 Å². The molecule has 0 saturated carbocycles. The molecule has 0 bridgehead atoms. The summed E-state index contributed by atoms with van der Waals surface area (Å²) in [6.45, 7) is 6.74. The van der Waals surface area contributed by atoms with E-state index in [4.69, 9.17) is 0 Å². The highest BCUT2D eigenvalue weighted by Gasteiger charge is 2.10. The van der Waals surface area contributed by atoms with Gasteiger partial charge in [0.25, 0.3) is 0 Å². The first-order chi connectivity index (χ1) is 6.49. The summed E-state index contributed by atoms with van der Waals surface area (Å²) in [5, 5.41) is 0. The Labute approximate surface area is 88.4 Å². The Balaban J connectivity index is 2.43. The van der Waals surface area contributed by atoms with Gasteiger partial charge in [0, 0.05) is 10.9 Å². The number of pyridine rings is 1. The van der Waals surface area contributed by atoms with Gasteiger partial charge in [-0.1, -0.05) is 11.9 Å². The monoisotopic (exact) mass is 214 g/mol. The fourth-order valence-electron chi connectivity index (χ4n) is 0.869. The average molecular weight is 214 g/mol. The molecule has 1 N–H and O–H groups in total. The van der Waals surface area contributed by atoms with E-state index < -0.39 is 0 Å². The van der Waals surface area contributed by atoms with Gasteiger partial charge in [-0.2, -0.15) is 0 Å². The maximum atomic E-state index is 13.1. The summed E-state index contributed by atoms with van der Waals surface area (Å²) < 4.78 is 16.3. The van der Waals surface area contributed by atoms with Gasteiger partial charge >= 0.3 is 0 Å². The molecule has 1 aromatic heterocycles. The van der Waals surface area contributed by atoms with Crippen LogP contribution in [0, 0.1) is 5.82 Å². The fourth-order valence-corrected chi connectivity index (χ4v) is 1.51. The molecule has 2 nitrogen and oxygen atoms in total. The van der Waals surface area contributed by atoms with Crippen molar-refractivity contribution >= 4 is 11.9 Å². The van der Waals surface area contributed by atoms with E-state index in [1.807, 2.05) is 0 Å².